The molecule has 1 spiro atoms. The summed E-state index contributed by atoms with van der Waals surface area (Å²) >= 11 is 0. The number of benzene rings is 2. The Bertz CT molecular complexity index is 1580. The van der Waals surface area contributed by atoms with Crippen LogP contribution in [0.1, 0.15) is 44.1 Å². The van der Waals surface area contributed by atoms with Crippen LogP contribution in [0, 0.1) is 18.3 Å². The monoisotopic (exact) mass is 534 g/mol. The summed E-state index contributed by atoms with van der Waals surface area (Å²) in [5, 5.41) is 12.0. The van der Waals surface area contributed by atoms with Crippen LogP contribution in [0.2, 0.25) is 0 Å². The minimum absolute atomic E-state index is 0.138. The maximum Gasteiger partial charge on any atom is 0.228 e. The van der Waals surface area contributed by atoms with E-state index in [1.54, 1.807) is 12.4 Å². The number of aromatic nitrogens is 3. The van der Waals surface area contributed by atoms with Crippen LogP contribution in [0.4, 0.5) is 11.6 Å². The van der Waals surface area contributed by atoms with Crippen LogP contribution in [0.3, 0.4) is 0 Å². The lowest BCUT2D eigenvalue weighted by Crippen LogP contribution is -2.38. The first-order chi connectivity index (χ1) is 19.6. The third-order valence-corrected chi connectivity index (χ3v) is 8.85. The fraction of sp³-hybridized carbons (Fsp3) is 0.375. The van der Waals surface area contributed by atoms with Gasteiger partial charge in [0.15, 0.2) is 0 Å². The molecule has 0 bridgehead atoms. The predicted octanol–water partition coefficient (Wildman–Crippen LogP) is 6.09. The van der Waals surface area contributed by atoms with Gasteiger partial charge >= 0.3 is 0 Å². The standard InChI is InChI=1S/C32H34N6O2/c1-20-10-11-22-23(7-2-9-26(22)37-29(39)25-18-32(25)13-5-14-32)28(20)40-30-24(8-4-16-34-30)27-12-17-35-31(38-27)36-21-6-3-15-33-19-21/h2,4,7-12,16-17,21,25,33H,3,5-6,13-15,18-19H2,1H3,(H,37,39)(H,35,36,38)/t21-,25-/m0/s1. The lowest BCUT2D eigenvalue weighted by Gasteiger charge is -2.26. The number of nitrogens with one attached hydrogen (secondary N) is 3. The van der Waals surface area contributed by atoms with E-state index in [4.69, 9.17) is 9.72 Å². The molecular weight excluding hydrogens is 500 g/mol. The number of carbonyl (C=O) groups excluding carboxylic acids is 1. The highest BCUT2D eigenvalue weighted by Gasteiger charge is 2.60. The fourth-order valence-electron chi connectivity index (χ4n) is 6.31. The topological polar surface area (TPSA) is 101 Å². The van der Waals surface area contributed by atoms with Crippen molar-refractivity contribution in [3.8, 4) is 22.9 Å². The molecule has 3 aliphatic rings. The molecule has 2 atom stereocenters. The SMILES string of the molecule is Cc1ccc2c(NC(=O)[C@@H]3CC34CCC4)cccc2c1Oc1ncccc1-c1ccnc(N[C@H]2CCCNC2)n1. The van der Waals surface area contributed by atoms with Crippen LogP contribution in [0.25, 0.3) is 22.0 Å². The van der Waals surface area contributed by atoms with Crippen LogP contribution in [-0.2, 0) is 4.79 Å². The lowest BCUT2D eigenvalue weighted by atomic mass is 9.79. The van der Waals surface area contributed by atoms with Gasteiger partial charge in [-0.05, 0) is 80.8 Å². The number of carbonyl (C=O) groups is 1. The molecule has 2 aromatic heterocycles. The smallest absolute Gasteiger partial charge is 0.228 e. The maximum atomic E-state index is 13.1. The summed E-state index contributed by atoms with van der Waals surface area (Å²) in [5.74, 6) is 2.08. The molecule has 40 heavy (non-hydrogen) atoms. The Kier molecular flexibility index (Phi) is 6.35. The average molecular weight is 535 g/mol. The second kappa shape index (κ2) is 10.2. The summed E-state index contributed by atoms with van der Waals surface area (Å²) in [6.07, 6.45) is 10.4. The van der Waals surface area contributed by atoms with Gasteiger partial charge in [0, 0.05) is 47.4 Å². The van der Waals surface area contributed by atoms with Gasteiger partial charge < -0.3 is 20.7 Å². The number of pyridine rings is 1. The first-order valence-electron chi connectivity index (χ1n) is 14.4. The molecule has 8 heteroatoms. The summed E-state index contributed by atoms with van der Waals surface area (Å²) in [5.41, 5.74) is 3.62. The molecule has 4 aromatic rings. The van der Waals surface area contributed by atoms with Gasteiger partial charge in [0.05, 0.1) is 11.3 Å². The number of nitrogens with zero attached hydrogens (tertiary/aromatic N) is 3. The number of ether oxygens (including phenoxy) is 1. The Morgan fingerprint density at radius 2 is 1.95 bits per heavy atom. The van der Waals surface area contributed by atoms with Crippen molar-refractivity contribution in [1.29, 1.82) is 0 Å². The number of hydrogen-bond acceptors (Lipinski definition) is 7. The highest BCUT2D eigenvalue weighted by molar-refractivity contribution is 6.06. The number of hydrogen-bond donors (Lipinski definition) is 3. The minimum atomic E-state index is 0.138. The molecule has 8 nitrogen and oxygen atoms in total. The summed E-state index contributed by atoms with van der Waals surface area (Å²) in [4.78, 5) is 26.9. The Morgan fingerprint density at radius 3 is 2.75 bits per heavy atom. The molecule has 3 fully saturated rings. The summed E-state index contributed by atoms with van der Waals surface area (Å²) < 4.78 is 6.56. The lowest BCUT2D eigenvalue weighted by molar-refractivity contribution is -0.118. The molecule has 2 saturated carbocycles. The third kappa shape index (κ3) is 4.66. The number of aryl methyl sites for hydroxylation is 1. The second-order valence-corrected chi connectivity index (χ2v) is 11.5. The van der Waals surface area contributed by atoms with Gasteiger partial charge in [-0.15, -0.1) is 0 Å². The molecule has 204 valence electrons. The van der Waals surface area contributed by atoms with E-state index in [9.17, 15) is 4.79 Å². The van der Waals surface area contributed by atoms with Crippen molar-refractivity contribution in [2.45, 2.75) is 51.5 Å². The molecule has 1 saturated heterocycles. The number of amides is 1. The van der Waals surface area contributed by atoms with Gasteiger partial charge in [-0.2, -0.15) is 0 Å². The van der Waals surface area contributed by atoms with Crippen molar-refractivity contribution in [2.75, 3.05) is 23.7 Å². The first kappa shape index (κ1) is 25.0. The quantitative estimate of drug-likeness (QED) is 0.264. The highest BCUT2D eigenvalue weighted by Crippen LogP contribution is 2.65. The Hall–Kier alpha value is -4.04. The van der Waals surface area contributed by atoms with Gasteiger partial charge in [-0.1, -0.05) is 30.7 Å². The molecule has 1 amide bonds. The molecule has 1 aliphatic heterocycles. The largest absolute Gasteiger partial charge is 0.437 e. The molecule has 0 radical (unpaired) electrons. The zero-order valence-electron chi connectivity index (χ0n) is 22.7. The summed E-state index contributed by atoms with van der Waals surface area (Å²) in [6, 6.07) is 16.1. The van der Waals surface area contributed by atoms with Crippen LogP contribution in [-0.4, -0.2) is 40.0 Å². The maximum absolute atomic E-state index is 13.1. The molecule has 2 aromatic carbocycles. The van der Waals surface area contributed by atoms with Crippen molar-refractivity contribution < 1.29 is 9.53 Å². The molecule has 3 N–H and O–H groups in total. The van der Waals surface area contributed by atoms with E-state index in [1.807, 2.05) is 49.4 Å². The summed E-state index contributed by atoms with van der Waals surface area (Å²) in [6.45, 7) is 3.98. The Balaban J connectivity index is 1.17. The van der Waals surface area contributed by atoms with Crippen LogP contribution >= 0.6 is 0 Å². The minimum Gasteiger partial charge on any atom is -0.437 e. The normalized spacial score (nSPS) is 21.0. The molecule has 2 aliphatic carbocycles. The molecular formula is C32H34N6O2. The van der Waals surface area contributed by atoms with Gasteiger partial charge in [0.1, 0.15) is 5.75 Å². The predicted molar refractivity (Wildman–Crippen MR) is 157 cm³/mol. The Morgan fingerprint density at radius 1 is 1.02 bits per heavy atom. The van der Waals surface area contributed by atoms with Gasteiger partial charge in [0.2, 0.25) is 17.7 Å². The van der Waals surface area contributed by atoms with Crippen LogP contribution < -0.4 is 20.7 Å². The van der Waals surface area contributed by atoms with E-state index in [0.29, 0.717) is 23.3 Å². The molecule has 3 heterocycles. The van der Waals surface area contributed by atoms with Crippen molar-refractivity contribution in [3.05, 3.63) is 66.5 Å². The fourth-order valence-corrected chi connectivity index (χ4v) is 6.31. The number of rotatable bonds is 7. The van der Waals surface area contributed by atoms with Crippen molar-refractivity contribution in [3.63, 3.8) is 0 Å². The van der Waals surface area contributed by atoms with Crippen LogP contribution in [0.15, 0.2) is 60.9 Å². The zero-order chi connectivity index (χ0) is 27.1. The molecule has 0 unspecified atom stereocenters. The van der Waals surface area contributed by atoms with Crippen LogP contribution in [0.5, 0.6) is 11.6 Å². The van der Waals surface area contributed by atoms with Gasteiger partial charge in [-0.3, -0.25) is 4.79 Å². The van der Waals surface area contributed by atoms with E-state index in [1.165, 1.54) is 19.3 Å². The zero-order valence-corrected chi connectivity index (χ0v) is 22.7. The van der Waals surface area contributed by atoms with Gasteiger partial charge in [-0.25, -0.2) is 15.0 Å². The third-order valence-electron chi connectivity index (χ3n) is 8.85. The highest BCUT2D eigenvalue weighted by atomic mass is 16.5. The van der Waals surface area contributed by atoms with E-state index >= 15 is 0 Å². The van der Waals surface area contributed by atoms with E-state index in [0.717, 1.165) is 71.4 Å². The first-order valence-corrected chi connectivity index (χ1v) is 14.4. The summed E-state index contributed by atoms with van der Waals surface area (Å²) in [7, 11) is 0. The average Bonchev–Trinajstić information content (AvgIpc) is 3.73. The number of fused-ring (bicyclic) bond motifs is 1. The van der Waals surface area contributed by atoms with E-state index in [-0.39, 0.29) is 11.8 Å². The Labute approximate surface area is 234 Å². The van der Waals surface area contributed by atoms with Crippen molar-refractivity contribution in [2.24, 2.45) is 11.3 Å². The molecule has 7 rings (SSSR count). The van der Waals surface area contributed by atoms with Gasteiger partial charge in [0.25, 0.3) is 0 Å². The van der Waals surface area contributed by atoms with Crippen molar-refractivity contribution in [1.82, 2.24) is 20.3 Å². The van der Waals surface area contributed by atoms with E-state index in [2.05, 4.69) is 32.0 Å². The second-order valence-electron chi connectivity index (χ2n) is 11.5. The number of piperidine rings is 1. The number of anilines is 2. The van der Waals surface area contributed by atoms with Crippen molar-refractivity contribution >= 4 is 28.3 Å². The van der Waals surface area contributed by atoms with E-state index < -0.39 is 0 Å².